The highest BCUT2D eigenvalue weighted by molar-refractivity contribution is 7.00. The molecule has 0 spiro atoms. The Morgan fingerprint density at radius 2 is 1.10 bits per heavy atom. The lowest BCUT2D eigenvalue weighted by atomic mass is 9.35. The topological polar surface area (TPSA) is 22.9 Å². The van der Waals surface area contributed by atoms with Gasteiger partial charge in [0.25, 0.3) is 6.71 Å². The van der Waals surface area contributed by atoms with Gasteiger partial charge in [0.05, 0.1) is 11.3 Å². The number of anilines is 9. The first-order chi connectivity index (χ1) is 34.3. The molecule has 0 saturated carbocycles. The molecule has 1 unspecified atom stereocenters. The zero-order valence-corrected chi connectivity index (χ0v) is 46.6. The van der Waals surface area contributed by atoms with Crippen LogP contribution in [0.15, 0.2) is 144 Å². The third kappa shape index (κ3) is 8.30. The predicted molar refractivity (Wildman–Crippen MR) is 315 cm³/mol. The van der Waals surface area contributed by atoms with Crippen molar-refractivity contribution in [3.63, 3.8) is 0 Å². The van der Waals surface area contributed by atoms with Crippen LogP contribution < -0.4 is 31.3 Å². The second-order valence-corrected chi connectivity index (χ2v) is 26.7. The molecular formula is C68H76BN3O. The van der Waals surface area contributed by atoms with E-state index in [4.69, 9.17) is 4.42 Å². The van der Waals surface area contributed by atoms with E-state index in [1.54, 1.807) is 0 Å². The molecule has 1 aromatic heterocycles. The third-order valence-electron chi connectivity index (χ3n) is 16.6. The van der Waals surface area contributed by atoms with Gasteiger partial charge >= 0.3 is 0 Å². The van der Waals surface area contributed by atoms with Crippen LogP contribution in [0.1, 0.15) is 162 Å². The van der Waals surface area contributed by atoms with Crippen molar-refractivity contribution in [3.8, 4) is 0 Å². The first-order valence-electron chi connectivity index (χ1n) is 27.0. The van der Waals surface area contributed by atoms with Crippen molar-refractivity contribution in [1.29, 1.82) is 0 Å². The Morgan fingerprint density at radius 1 is 0.548 bits per heavy atom. The summed E-state index contributed by atoms with van der Waals surface area (Å²) in [5, 5.41) is 1.16. The van der Waals surface area contributed by atoms with Gasteiger partial charge in [0.2, 0.25) is 0 Å². The Labute approximate surface area is 437 Å². The highest BCUT2D eigenvalue weighted by Crippen LogP contribution is 2.51. The Kier molecular flexibility index (Phi) is 11.2. The van der Waals surface area contributed by atoms with E-state index in [1.807, 2.05) is 0 Å². The molecule has 0 N–H and O–H groups in total. The Balaban J connectivity index is 1.21. The zero-order valence-electron chi connectivity index (χ0n) is 46.6. The van der Waals surface area contributed by atoms with Crippen LogP contribution in [0.2, 0.25) is 0 Å². The SMILES string of the molecule is Cc1cc2c3c(c1)N(c1ccc4c(c1)C(C)CCC4(C)C)c1c(oc4ccc(C(C)(C)C)cc14)B3c1ccc(N(c3ccc(C(C)(C)C)cc3)c3ccc(C(C)(C)C)cc3)cc1N2c1cccc(C(C)(C)C)c1. The van der Waals surface area contributed by atoms with Crippen LogP contribution in [-0.4, -0.2) is 6.71 Å². The number of hydrogen-bond donors (Lipinski definition) is 0. The van der Waals surface area contributed by atoms with Crippen molar-refractivity contribution in [2.45, 2.75) is 157 Å². The van der Waals surface area contributed by atoms with Crippen LogP contribution in [0, 0.1) is 6.92 Å². The van der Waals surface area contributed by atoms with Gasteiger partial charge in [-0.25, -0.2) is 0 Å². The van der Waals surface area contributed by atoms with Gasteiger partial charge in [-0.3, -0.25) is 0 Å². The fraction of sp³-hybridized carbons (Fsp3) is 0.353. The minimum Gasteiger partial charge on any atom is -0.468 e. The molecule has 2 aliphatic heterocycles. The first-order valence-corrected chi connectivity index (χ1v) is 27.0. The number of aryl methyl sites for hydroxylation is 1. The van der Waals surface area contributed by atoms with E-state index in [0.717, 1.165) is 50.8 Å². The summed E-state index contributed by atoms with van der Waals surface area (Å²) in [7, 11) is 0. The summed E-state index contributed by atoms with van der Waals surface area (Å²) in [6, 6.07) is 54.1. The molecular weight excluding hydrogens is 886 g/mol. The lowest BCUT2D eigenvalue weighted by Crippen LogP contribution is -2.61. The van der Waals surface area contributed by atoms with Crippen molar-refractivity contribution in [2.75, 3.05) is 14.7 Å². The van der Waals surface area contributed by atoms with E-state index in [2.05, 4.69) is 265 Å². The molecule has 0 amide bonds. The molecule has 7 aromatic carbocycles. The van der Waals surface area contributed by atoms with Gasteiger partial charge in [0.1, 0.15) is 5.58 Å². The second-order valence-electron chi connectivity index (χ2n) is 26.7. The monoisotopic (exact) mass is 962 g/mol. The Hall–Kier alpha value is -6.46. The average molecular weight is 962 g/mol. The van der Waals surface area contributed by atoms with Crippen LogP contribution in [0.4, 0.5) is 51.2 Å². The molecule has 0 saturated heterocycles. The maximum atomic E-state index is 7.44. The zero-order chi connectivity index (χ0) is 51.9. The summed E-state index contributed by atoms with van der Waals surface area (Å²) < 4.78 is 7.44. The summed E-state index contributed by atoms with van der Waals surface area (Å²) in [4.78, 5) is 7.60. The molecule has 0 bridgehead atoms. The quantitative estimate of drug-likeness (QED) is 0.160. The summed E-state index contributed by atoms with van der Waals surface area (Å²) in [5.41, 5.74) is 24.3. The summed E-state index contributed by atoms with van der Waals surface area (Å²) in [6.45, 7) is 37.0. The maximum absolute atomic E-state index is 7.44. The van der Waals surface area contributed by atoms with Gasteiger partial charge in [-0.2, -0.15) is 0 Å². The largest absolute Gasteiger partial charge is 0.468 e. The highest BCUT2D eigenvalue weighted by Gasteiger charge is 2.47. The molecule has 3 aliphatic rings. The van der Waals surface area contributed by atoms with Gasteiger partial charge in [-0.1, -0.05) is 158 Å². The number of rotatable bonds is 5. The summed E-state index contributed by atoms with van der Waals surface area (Å²) >= 11 is 0. The van der Waals surface area contributed by atoms with Gasteiger partial charge in [-0.05, 0) is 188 Å². The van der Waals surface area contributed by atoms with Crippen molar-refractivity contribution in [2.24, 2.45) is 0 Å². The number of benzene rings is 7. The number of furan rings is 1. The predicted octanol–water partition coefficient (Wildman–Crippen LogP) is 17.7. The van der Waals surface area contributed by atoms with E-state index in [1.165, 1.54) is 79.8 Å². The number of hydrogen-bond acceptors (Lipinski definition) is 4. The first kappa shape index (κ1) is 48.8. The van der Waals surface area contributed by atoms with Gasteiger partial charge in [0, 0.05) is 50.9 Å². The molecule has 11 rings (SSSR count). The molecule has 0 fully saturated rings. The molecule has 372 valence electrons. The minimum atomic E-state index is -0.172. The average Bonchev–Trinajstić information content (AvgIpc) is 3.70. The van der Waals surface area contributed by atoms with Gasteiger partial charge < -0.3 is 19.1 Å². The summed E-state index contributed by atoms with van der Waals surface area (Å²) in [6.07, 6.45) is 2.38. The van der Waals surface area contributed by atoms with Crippen molar-refractivity contribution >= 4 is 85.5 Å². The van der Waals surface area contributed by atoms with E-state index >= 15 is 0 Å². The van der Waals surface area contributed by atoms with Crippen LogP contribution >= 0.6 is 0 Å². The van der Waals surface area contributed by atoms with Gasteiger partial charge in [0.15, 0.2) is 0 Å². The fourth-order valence-corrected chi connectivity index (χ4v) is 12.1. The normalized spacial score (nSPS) is 16.3. The van der Waals surface area contributed by atoms with Crippen LogP contribution in [0.3, 0.4) is 0 Å². The molecule has 5 heteroatoms. The molecule has 73 heavy (non-hydrogen) atoms. The van der Waals surface area contributed by atoms with Crippen molar-refractivity contribution in [1.82, 2.24) is 0 Å². The second kappa shape index (κ2) is 16.8. The van der Waals surface area contributed by atoms with E-state index in [-0.39, 0.29) is 33.8 Å². The third-order valence-corrected chi connectivity index (χ3v) is 16.6. The molecule has 8 aromatic rings. The Morgan fingerprint density at radius 3 is 1.70 bits per heavy atom. The van der Waals surface area contributed by atoms with Crippen LogP contribution in [0.25, 0.3) is 11.0 Å². The van der Waals surface area contributed by atoms with E-state index < -0.39 is 0 Å². The standard InChI is InChI=1S/C68H76BN3O/c1-42-36-58-61-59(37-42)72(51-29-31-55-53(40-51)43(2)34-35-68(55,15)16)62-54-39-47(67(12,13)14)24-33-60(54)73-63(62)69(61)56-32-30-52(41-57(56)71(58)50-19-17-18-46(38-50)66(9,10)11)70(48-25-20-44(21-26-48)64(3,4)5)49-27-22-45(23-28-49)65(6,7)8/h17-33,36-41,43H,34-35H2,1-16H3. The van der Waals surface area contributed by atoms with E-state index in [9.17, 15) is 0 Å². The lowest BCUT2D eigenvalue weighted by Gasteiger charge is -2.43. The van der Waals surface area contributed by atoms with E-state index in [0.29, 0.717) is 5.92 Å². The fourth-order valence-electron chi connectivity index (χ4n) is 12.1. The molecule has 1 aliphatic carbocycles. The van der Waals surface area contributed by atoms with Gasteiger partial charge in [-0.15, -0.1) is 0 Å². The molecule has 0 radical (unpaired) electrons. The molecule has 1 atom stereocenters. The minimum absolute atomic E-state index is 0.0324. The smallest absolute Gasteiger partial charge is 0.297 e. The van der Waals surface area contributed by atoms with Crippen molar-refractivity contribution in [3.05, 3.63) is 178 Å². The van der Waals surface area contributed by atoms with Crippen molar-refractivity contribution < 1.29 is 4.42 Å². The number of nitrogens with zero attached hydrogens (tertiary/aromatic N) is 3. The molecule has 4 nitrogen and oxygen atoms in total. The Bertz CT molecular complexity index is 3400. The maximum Gasteiger partial charge on any atom is 0.297 e. The number of fused-ring (bicyclic) bond motifs is 7. The highest BCUT2D eigenvalue weighted by atomic mass is 16.3. The lowest BCUT2D eigenvalue weighted by molar-refractivity contribution is 0.402. The van der Waals surface area contributed by atoms with Crippen LogP contribution in [-0.2, 0) is 27.1 Å². The van der Waals surface area contributed by atoms with Crippen LogP contribution in [0.5, 0.6) is 0 Å². The summed E-state index contributed by atoms with van der Waals surface area (Å²) in [5.74, 6) is 0.471. The molecule has 3 heterocycles.